The molecular formula is C7H11BrF2N4. The van der Waals surface area contributed by atoms with Gasteiger partial charge in [0.05, 0.1) is 5.69 Å². The van der Waals surface area contributed by atoms with Crippen LogP contribution in [0.3, 0.4) is 0 Å². The van der Waals surface area contributed by atoms with Crippen molar-refractivity contribution in [3.05, 3.63) is 10.3 Å². The smallest absolute Gasteiger partial charge is 0.266 e. The molecule has 0 fully saturated rings. The molecule has 7 heteroatoms. The molecule has 14 heavy (non-hydrogen) atoms. The van der Waals surface area contributed by atoms with Crippen LogP contribution in [-0.4, -0.2) is 28.0 Å². The third kappa shape index (κ3) is 2.09. The van der Waals surface area contributed by atoms with Crippen LogP contribution in [0.5, 0.6) is 0 Å². The van der Waals surface area contributed by atoms with Crippen LogP contribution in [0.2, 0.25) is 0 Å². The van der Waals surface area contributed by atoms with E-state index >= 15 is 0 Å². The molecule has 1 aromatic rings. The van der Waals surface area contributed by atoms with Gasteiger partial charge in [0.1, 0.15) is 6.04 Å². The summed E-state index contributed by atoms with van der Waals surface area (Å²) in [4.78, 5) is 0. The molecule has 0 spiro atoms. The van der Waals surface area contributed by atoms with Gasteiger partial charge in [-0.15, -0.1) is 5.10 Å². The zero-order chi connectivity index (χ0) is 10.9. The second-order valence-electron chi connectivity index (χ2n) is 3.07. The van der Waals surface area contributed by atoms with Gasteiger partial charge >= 0.3 is 0 Å². The Morgan fingerprint density at radius 3 is 2.43 bits per heavy atom. The topological polar surface area (TPSA) is 42.7 Å². The second-order valence-corrected chi connectivity index (χ2v) is 3.82. The standard InChI is InChI=1S/C7H11BrF2N4/c1-7(9,10)5(11-2)4-6(8)12-13-14(4)3/h5,11H,1-3H3. The minimum Gasteiger partial charge on any atom is -0.307 e. The summed E-state index contributed by atoms with van der Waals surface area (Å²) in [5.74, 6) is -2.87. The number of aryl methyl sites for hydroxylation is 1. The van der Waals surface area contributed by atoms with Crippen molar-refractivity contribution >= 4 is 15.9 Å². The first kappa shape index (κ1) is 11.5. The Hall–Kier alpha value is -0.560. The van der Waals surface area contributed by atoms with Crippen molar-refractivity contribution in [2.75, 3.05) is 7.05 Å². The van der Waals surface area contributed by atoms with Gasteiger partial charge in [0.15, 0.2) is 4.60 Å². The molecule has 1 N–H and O–H groups in total. The van der Waals surface area contributed by atoms with E-state index in [4.69, 9.17) is 0 Å². The van der Waals surface area contributed by atoms with Gasteiger partial charge in [-0.05, 0) is 23.0 Å². The van der Waals surface area contributed by atoms with Gasteiger partial charge in [0.2, 0.25) is 0 Å². The van der Waals surface area contributed by atoms with Gasteiger partial charge in [-0.3, -0.25) is 0 Å². The third-order valence-corrected chi connectivity index (χ3v) is 2.46. The monoisotopic (exact) mass is 268 g/mol. The zero-order valence-electron chi connectivity index (χ0n) is 8.05. The summed E-state index contributed by atoms with van der Waals surface area (Å²) >= 11 is 3.08. The third-order valence-electron chi connectivity index (χ3n) is 1.90. The highest BCUT2D eigenvalue weighted by atomic mass is 79.9. The summed E-state index contributed by atoms with van der Waals surface area (Å²) in [5.41, 5.74) is 0.333. The quantitative estimate of drug-likeness (QED) is 0.904. The fraction of sp³-hybridized carbons (Fsp3) is 0.714. The molecule has 1 heterocycles. The molecule has 0 aliphatic rings. The predicted octanol–water partition coefficient (Wildman–Crippen LogP) is 1.49. The van der Waals surface area contributed by atoms with Crippen molar-refractivity contribution in [3.63, 3.8) is 0 Å². The first-order valence-electron chi connectivity index (χ1n) is 3.98. The molecule has 0 amide bonds. The van der Waals surface area contributed by atoms with Crippen LogP contribution >= 0.6 is 15.9 Å². The van der Waals surface area contributed by atoms with Crippen molar-refractivity contribution in [1.29, 1.82) is 0 Å². The first-order valence-corrected chi connectivity index (χ1v) is 4.77. The van der Waals surface area contributed by atoms with Gasteiger partial charge in [0.25, 0.3) is 5.92 Å². The van der Waals surface area contributed by atoms with E-state index in [1.165, 1.54) is 11.7 Å². The van der Waals surface area contributed by atoms with E-state index in [2.05, 4.69) is 31.6 Å². The SMILES string of the molecule is CNC(c1c(Br)nnn1C)C(C)(F)F. The summed E-state index contributed by atoms with van der Waals surface area (Å²) in [6.45, 7) is 0.855. The number of nitrogens with zero attached hydrogens (tertiary/aromatic N) is 3. The maximum Gasteiger partial charge on any atom is 0.266 e. The van der Waals surface area contributed by atoms with E-state index < -0.39 is 12.0 Å². The number of halogens is 3. The van der Waals surface area contributed by atoms with E-state index in [9.17, 15) is 8.78 Å². The van der Waals surface area contributed by atoms with Crippen LogP contribution < -0.4 is 5.32 Å². The minimum atomic E-state index is -2.87. The molecule has 1 aromatic heterocycles. The first-order chi connectivity index (χ1) is 6.38. The van der Waals surface area contributed by atoms with Crippen LogP contribution in [0.15, 0.2) is 4.60 Å². The number of hydrogen-bond acceptors (Lipinski definition) is 3. The van der Waals surface area contributed by atoms with Crippen LogP contribution in [0, 0.1) is 0 Å². The number of hydrogen-bond donors (Lipinski definition) is 1. The Morgan fingerprint density at radius 2 is 2.14 bits per heavy atom. The van der Waals surface area contributed by atoms with Crippen LogP contribution in [0.4, 0.5) is 8.78 Å². The van der Waals surface area contributed by atoms with E-state index in [0.717, 1.165) is 6.92 Å². The minimum absolute atomic E-state index is 0.333. The Labute approximate surface area is 88.8 Å². The average Bonchev–Trinajstić information content (AvgIpc) is 2.34. The van der Waals surface area contributed by atoms with Crippen molar-refractivity contribution in [2.24, 2.45) is 7.05 Å². The van der Waals surface area contributed by atoms with Crippen molar-refractivity contribution in [1.82, 2.24) is 20.3 Å². The lowest BCUT2D eigenvalue weighted by Crippen LogP contribution is -2.34. The largest absolute Gasteiger partial charge is 0.307 e. The van der Waals surface area contributed by atoms with Gasteiger partial charge in [-0.25, -0.2) is 13.5 Å². The molecule has 0 radical (unpaired) electrons. The van der Waals surface area contributed by atoms with E-state index in [0.29, 0.717) is 10.3 Å². The average molecular weight is 269 g/mol. The normalized spacial score (nSPS) is 14.4. The summed E-state index contributed by atoms with van der Waals surface area (Å²) in [5, 5.41) is 9.85. The fourth-order valence-corrected chi connectivity index (χ4v) is 1.83. The lowest BCUT2D eigenvalue weighted by Gasteiger charge is -2.22. The van der Waals surface area contributed by atoms with Gasteiger partial charge in [-0.2, -0.15) is 0 Å². The molecule has 1 unspecified atom stereocenters. The molecule has 1 rings (SSSR count). The molecule has 0 saturated carbocycles. The number of alkyl halides is 2. The fourth-order valence-electron chi connectivity index (χ4n) is 1.28. The molecule has 0 saturated heterocycles. The lowest BCUT2D eigenvalue weighted by atomic mass is 10.1. The van der Waals surface area contributed by atoms with Gasteiger partial charge in [0, 0.05) is 14.0 Å². The maximum absolute atomic E-state index is 13.2. The highest BCUT2D eigenvalue weighted by molar-refractivity contribution is 9.10. The van der Waals surface area contributed by atoms with Gasteiger partial charge < -0.3 is 5.32 Å². The zero-order valence-corrected chi connectivity index (χ0v) is 9.64. The molecule has 1 atom stereocenters. The van der Waals surface area contributed by atoms with E-state index in [-0.39, 0.29) is 0 Å². The Morgan fingerprint density at radius 1 is 1.57 bits per heavy atom. The molecular weight excluding hydrogens is 258 g/mol. The molecule has 0 aliphatic carbocycles. The molecule has 4 nitrogen and oxygen atoms in total. The summed E-state index contributed by atoms with van der Waals surface area (Å²) in [7, 11) is 3.05. The summed E-state index contributed by atoms with van der Waals surface area (Å²) in [6.07, 6.45) is 0. The predicted molar refractivity (Wildman–Crippen MR) is 51.1 cm³/mol. The Balaban J connectivity index is 3.13. The Bertz CT molecular complexity index is 300. The van der Waals surface area contributed by atoms with Crippen molar-refractivity contribution in [2.45, 2.75) is 18.9 Å². The van der Waals surface area contributed by atoms with Crippen LogP contribution in [-0.2, 0) is 7.05 Å². The highest BCUT2D eigenvalue weighted by Gasteiger charge is 2.38. The van der Waals surface area contributed by atoms with Crippen LogP contribution in [0.1, 0.15) is 18.7 Å². The highest BCUT2D eigenvalue weighted by Crippen LogP contribution is 2.32. The molecule has 0 aliphatic heterocycles. The number of rotatable bonds is 3. The van der Waals surface area contributed by atoms with Crippen molar-refractivity contribution in [3.8, 4) is 0 Å². The lowest BCUT2D eigenvalue weighted by molar-refractivity contribution is -0.0197. The molecule has 80 valence electrons. The van der Waals surface area contributed by atoms with Crippen LogP contribution in [0.25, 0.3) is 0 Å². The van der Waals surface area contributed by atoms with E-state index in [1.54, 1.807) is 7.05 Å². The second kappa shape index (κ2) is 3.90. The number of nitrogens with one attached hydrogen (secondary N) is 1. The van der Waals surface area contributed by atoms with Gasteiger partial charge in [-0.1, -0.05) is 5.21 Å². The molecule has 0 bridgehead atoms. The maximum atomic E-state index is 13.2. The van der Waals surface area contributed by atoms with Crippen molar-refractivity contribution < 1.29 is 8.78 Å². The Kier molecular flexibility index (Phi) is 3.20. The number of aromatic nitrogens is 3. The molecule has 0 aromatic carbocycles. The summed E-state index contributed by atoms with van der Waals surface area (Å²) in [6, 6.07) is -1.10. The summed E-state index contributed by atoms with van der Waals surface area (Å²) < 4.78 is 28.0. The van der Waals surface area contributed by atoms with E-state index in [1.807, 2.05) is 0 Å².